The predicted octanol–water partition coefficient (Wildman–Crippen LogP) is 3.96. The van der Waals surface area contributed by atoms with E-state index in [-0.39, 0.29) is 29.8 Å². The Morgan fingerprint density at radius 3 is 2.54 bits per heavy atom. The van der Waals surface area contributed by atoms with E-state index in [0.717, 1.165) is 17.0 Å². The molecule has 4 aliphatic rings. The number of pyridine rings is 2. The molecule has 0 bridgehead atoms. The molecule has 6 heterocycles. The number of cyclic esters (lactones) is 1. The first-order valence-corrected chi connectivity index (χ1v) is 16.8. The summed E-state index contributed by atoms with van der Waals surface area (Å²) in [6.07, 6.45) is 7.54. The quantitative estimate of drug-likeness (QED) is 0.140. The van der Waals surface area contributed by atoms with Crippen LogP contribution < -0.4 is 10.3 Å². The number of aromatic nitrogens is 2. The van der Waals surface area contributed by atoms with Gasteiger partial charge in [0.1, 0.15) is 18.0 Å². The average Bonchev–Trinajstić information content (AvgIpc) is 3.43. The van der Waals surface area contributed by atoms with Crippen molar-refractivity contribution in [3.63, 3.8) is 0 Å². The van der Waals surface area contributed by atoms with E-state index in [1.54, 1.807) is 29.0 Å². The fourth-order valence-corrected chi connectivity index (χ4v) is 6.98. The molecular formula is C36H45N5O7. The van der Waals surface area contributed by atoms with E-state index < -0.39 is 17.7 Å². The number of benzene rings is 1. The largest absolute Gasteiger partial charge is 0.458 e. The van der Waals surface area contributed by atoms with Crippen LogP contribution in [0.2, 0.25) is 0 Å². The molecule has 0 aliphatic carbocycles. The van der Waals surface area contributed by atoms with Gasteiger partial charge in [0.15, 0.2) is 6.10 Å². The van der Waals surface area contributed by atoms with Gasteiger partial charge in [-0.3, -0.25) is 9.59 Å². The van der Waals surface area contributed by atoms with Gasteiger partial charge in [-0.1, -0.05) is 11.6 Å². The van der Waals surface area contributed by atoms with Crippen LogP contribution >= 0.6 is 0 Å². The maximum atomic E-state index is 13.1. The third kappa shape index (κ3) is 7.15. The molecule has 0 radical (unpaired) electrons. The van der Waals surface area contributed by atoms with Crippen LogP contribution in [-0.2, 0) is 38.7 Å². The maximum Gasteiger partial charge on any atom is 0.340 e. The second-order valence-electron chi connectivity index (χ2n) is 14.0. The number of oxime groups is 1. The lowest BCUT2D eigenvalue weighted by molar-refractivity contribution is -0.157. The van der Waals surface area contributed by atoms with E-state index in [9.17, 15) is 19.5 Å². The summed E-state index contributed by atoms with van der Waals surface area (Å²) < 4.78 is 11.7. The Morgan fingerprint density at radius 2 is 1.83 bits per heavy atom. The molecule has 0 saturated carbocycles. The van der Waals surface area contributed by atoms with Gasteiger partial charge in [-0.05, 0) is 104 Å². The molecule has 1 atom stereocenters. The summed E-state index contributed by atoms with van der Waals surface area (Å²) >= 11 is 0. The van der Waals surface area contributed by atoms with Crippen molar-refractivity contribution in [1.82, 2.24) is 19.4 Å². The molecule has 4 aliphatic heterocycles. The average molecular weight is 660 g/mol. The summed E-state index contributed by atoms with van der Waals surface area (Å²) in [4.78, 5) is 51.4. The van der Waals surface area contributed by atoms with E-state index in [2.05, 4.69) is 22.0 Å². The van der Waals surface area contributed by atoms with Gasteiger partial charge in [0, 0.05) is 40.8 Å². The van der Waals surface area contributed by atoms with Crippen LogP contribution in [-0.4, -0.2) is 88.0 Å². The number of carbonyl (C=O) groups excluding carboxylic acids is 2. The highest BCUT2D eigenvalue weighted by molar-refractivity contribution is 5.91. The highest BCUT2D eigenvalue weighted by Crippen LogP contribution is 2.37. The minimum atomic E-state index is -1.51. The molecule has 256 valence electrons. The van der Waals surface area contributed by atoms with Gasteiger partial charge < -0.3 is 33.8 Å². The molecule has 1 N–H and O–H groups in total. The Hall–Kier alpha value is -4.13. The summed E-state index contributed by atoms with van der Waals surface area (Å²) in [7, 11) is 2.24. The SMILES string of the molecule is CC(C)(C)O/N=C/Cc1c(OC=O)ccc2nc3c(cc12)Cn1c-3cc2c(c1=O)COC(=O)C2O.CN1CCC(N2CCCCC2)CC1. The zero-order valence-corrected chi connectivity index (χ0v) is 28.2. The summed E-state index contributed by atoms with van der Waals surface area (Å²) in [5.41, 5.74) is 2.95. The van der Waals surface area contributed by atoms with Crippen LogP contribution in [0.15, 0.2) is 34.2 Å². The monoisotopic (exact) mass is 659 g/mol. The van der Waals surface area contributed by atoms with Crippen LogP contribution in [0.1, 0.15) is 81.2 Å². The van der Waals surface area contributed by atoms with Gasteiger partial charge in [0.05, 0.1) is 29.0 Å². The lowest BCUT2D eigenvalue weighted by atomic mass is 9.99. The molecule has 7 rings (SSSR count). The molecule has 3 aromatic rings. The predicted molar refractivity (Wildman–Crippen MR) is 181 cm³/mol. The third-order valence-corrected chi connectivity index (χ3v) is 9.50. The Kier molecular flexibility index (Phi) is 9.95. The zero-order chi connectivity index (χ0) is 34.0. The number of esters is 1. The van der Waals surface area contributed by atoms with Gasteiger partial charge in [-0.2, -0.15) is 0 Å². The van der Waals surface area contributed by atoms with Gasteiger partial charge in [-0.25, -0.2) is 9.78 Å². The topological polar surface area (TPSA) is 136 Å². The Balaban J connectivity index is 0.000000257. The zero-order valence-electron chi connectivity index (χ0n) is 28.2. The van der Waals surface area contributed by atoms with Crippen molar-refractivity contribution in [2.45, 2.75) is 90.2 Å². The number of aliphatic hydroxyl groups is 1. The Labute approximate surface area is 280 Å². The van der Waals surface area contributed by atoms with Crippen LogP contribution in [0.25, 0.3) is 22.3 Å². The molecule has 1 aromatic carbocycles. The number of likely N-dealkylation sites (tertiary alicyclic amines) is 2. The molecule has 2 fully saturated rings. The van der Waals surface area contributed by atoms with E-state index in [4.69, 9.17) is 19.3 Å². The van der Waals surface area contributed by atoms with Crippen molar-refractivity contribution in [1.29, 1.82) is 0 Å². The van der Waals surface area contributed by atoms with Gasteiger partial charge in [0.25, 0.3) is 12.0 Å². The Morgan fingerprint density at radius 1 is 1.08 bits per heavy atom. The fourth-order valence-electron chi connectivity index (χ4n) is 6.98. The summed E-state index contributed by atoms with van der Waals surface area (Å²) in [5, 5.41) is 15.0. The number of ether oxygens (including phenoxy) is 2. The number of hydrogen-bond donors (Lipinski definition) is 1. The van der Waals surface area contributed by atoms with Crippen molar-refractivity contribution in [2.24, 2.45) is 5.16 Å². The van der Waals surface area contributed by atoms with Crippen LogP contribution in [0, 0.1) is 0 Å². The van der Waals surface area contributed by atoms with E-state index in [1.807, 2.05) is 26.8 Å². The number of fused-ring (bicyclic) bond motifs is 5. The van der Waals surface area contributed by atoms with E-state index in [0.29, 0.717) is 41.1 Å². The first-order valence-electron chi connectivity index (χ1n) is 16.8. The molecule has 1 unspecified atom stereocenters. The number of nitrogens with zero attached hydrogens (tertiary/aromatic N) is 5. The summed E-state index contributed by atoms with van der Waals surface area (Å²) in [6, 6.07) is 7.84. The molecule has 2 saturated heterocycles. The molecule has 2 aromatic heterocycles. The highest BCUT2D eigenvalue weighted by atomic mass is 16.6. The number of rotatable bonds is 6. The summed E-state index contributed by atoms with van der Waals surface area (Å²) in [6.45, 7) is 11.5. The highest BCUT2D eigenvalue weighted by Gasteiger charge is 2.34. The van der Waals surface area contributed by atoms with Crippen molar-refractivity contribution < 1.29 is 29.0 Å². The molecule has 0 spiro atoms. The number of hydrogen-bond acceptors (Lipinski definition) is 11. The Bertz CT molecular complexity index is 1770. The standard InChI is InChI=1S/C25H23N3O7.C11H22N2/c1-25(2,3)35-26-7-6-14-15-8-13-10-28-19(21(13)27-18(15)4-5-20(14)34-12-29)9-16-17(23(28)31)11-33-24(32)22(16)30;1-12-9-5-11(6-10-12)13-7-3-2-4-8-13/h4-5,7-9,12,22,30H,6,10-11H2,1-3H3;11H,2-10H2,1H3/b26-7+;. The number of piperidine rings is 2. The first-order chi connectivity index (χ1) is 23.0. The maximum absolute atomic E-state index is 13.1. The van der Waals surface area contributed by atoms with Crippen LogP contribution in [0.4, 0.5) is 0 Å². The van der Waals surface area contributed by atoms with E-state index in [1.165, 1.54) is 58.3 Å². The van der Waals surface area contributed by atoms with Crippen LogP contribution in [0.3, 0.4) is 0 Å². The molecule has 0 amide bonds. The third-order valence-electron chi connectivity index (χ3n) is 9.50. The van der Waals surface area contributed by atoms with Gasteiger partial charge in [-0.15, -0.1) is 0 Å². The van der Waals surface area contributed by atoms with Crippen molar-refractivity contribution in [3.05, 3.63) is 56.9 Å². The minimum Gasteiger partial charge on any atom is -0.458 e. The lowest BCUT2D eigenvalue weighted by Crippen LogP contribution is -2.45. The van der Waals surface area contributed by atoms with Gasteiger partial charge >= 0.3 is 5.97 Å². The second kappa shape index (κ2) is 14.2. The molecule has 12 nitrogen and oxygen atoms in total. The van der Waals surface area contributed by atoms with Crippen molar-refractivity contribution >= 4 is 29.6 Å². The molecule has 48 heavy (non-hydrogen) atoms. The summed E-state index contributed by atoms with van der Waals surface area (Å²) in [5.74, 6) is -0.408. The molecule has 12 heteroatoms. The smallest absolute Gasteiger partial charge is 0.340 e. The lowest BCUT2D eigenvalue weighted by Gasteiger charge is -2.39. The van der Waals surface area contributed by atoms with Crippen molar-refractivity contribution in [3.8, 4) is 17.1 Å². The normalized spacial score (nSPS) is 20.0. The van der Waals surface area contributed by atoms with E-state index >= 15 is 0 Å². The fraction of sp³-hybridized carbons (Fsp3) is 0.528. The minimum absolute atomic E-state index is 0.178. The number of carbonyl (C=O) groups is 2. The number of aliphatic hydroxyl groups excluding tert-OH is 1. The second-order valence-corrected chi connectivity index (χ2v) is 14.0. The van der Waals surface area contributed by atoms with Gasteiger partial charge in [0.2, 0.25) is 0 Å². The first kappa shape index (κ1) is 33.8. The van der Waals surface area contributed by atoms with Crippen molar-refractivity contribution in [2.75, 3.05) is 33.2 Å². The van der Waals surface area contributed by atoms with Crippen LogP contribution in [0.5, 0.6) is 5.75 Å². The molecular weight excluding hydrogens is 614 g/mol.